The lowest BCUT2D eigenvalue weighted by atomic mass is 9.86. The monoisotopic (exact) mass is 285 g/mol. The van der Waals surface area contributed by atoms with Crippen LogP contribution in [-0.4, -0.2) is 23.7 Å². The van der Waals surface area contributed by atoms with Crippen LogP contribution in [0.1, 0.15) is 36.0 Å². The summed E-state index contributed by atoms with van der Waals surface area (Å²) in [5.41, 5.74) is 0.233. The average Bonchev–Trinajstić information content (AvgIpc) is 2.37. The molecule has 0 aromatic heterocycles. The third-order valence-electron chi connectivity index (χ3n) is 3.50. The second kappa shape index (κ2) is 6.35. The van der Waals surface area contributed by atoms with Crippen molar-refractivity contribution in [2.45, 2.75) is 31.7 Å². The number of hydrogen-bond donors (Lipinski definition) is 2. The molecule has 1 aromatic carbocycles. The Morgan fingerprint density at radius 2 is 2.21 bits per heavy atom. The largest absolute Gasteiger partial charge is 0.396 e. The van der Waals surface area contributed by atoms with Crippen LogP contribution in [-0.2, 0) is 0 Å². The zero-order valence-electron chi connectivity index (χ0n) is 10.5. The molecule has 2 atom stereocenters. The van der Waals surface area contributed by atoms with Gasteiger partial charge in [0.2, 0.25) is 0 Å². The summed E-state index contributed by atoms with van der Waals surface area (Å²) in [6.45, 7) is 0.151. The highest BCUT2D eigenvalue weighted by Crippen LogP contribution is 2.24. The molecule has 0 spiro atoms. The molecule has 2 N–H and O–H groups in total. The molecule has 0 unspecified atom stereocenters. The number of halogens is 2. The topological polar surface area (TPSA) is 49.3 Å². The number of carbonyl (C=O) groups excluding carboxylic acids is 1. The van der Waals surface area contributed by atoms with E-state index >= 15 is 0 Å². The molecule has 0 aliphatic heterocycles. The van der Waals surface area contributed by atoms with Gasteiger partial charge in [-0.25, -0.2) is 4.39 Å². The second-order valence-electron chi connectivity index (χ2n) is 5.04. The van der Waals surface area contributed by atoms with E-state index in [4.69, 9.17) is 16.7 Å². The van der Waals surface area contributed by atoms with Crippen LogP contribution >= 0.6 is 11.6 Å². The molecule has 3 nitrogen and oxygen atoms in total. The predicted octanol–water partition coefficient (Wildman–Crippen LogP) is 2.76. The molecule has 0 saturated heterocycles. The number of rotatable bonds is 3. The van der Waals surface area contributed by atoms with Crippen molar-refractivity contribution in [3.05, 3.63) is 34.6 Å². The van der Waals surface area contributed by atoms with Crippen LogP contribution in [0.25, 0.3) is 0 Å². The highest BCUT2D eigenvalue weighted by molar-refractivity contribution is 6.31. The standard InChI is InChI=1S/C14H17ClFNO2/c15-11-5-10(6-12(16)7-11)14(19)17-13-3-1-2-9(4-13)8-18/h5-7,9,13,18H,1-4,8H2,(H,17,19)/t9-,13+/m1/s1. The van der Waals surface area contributed by atoms with Gasteiger partial charge in [0.1, 0.15) is 5.82 Å². The summed E-state index contributed by atoms with van der Waals surface area (Å²) in [6, 6.07) is 3.83. The van der Waals surface area contributed by atoms with Gasteiger partial charge < -0.3 is 10.4 Å². The van der Waals surface area contributed by atoms with Crippen molar-refractivity contribution in [1.29, 1.82) is 0 Å². The van der Waals surface area contributed by atoms with Gasteiger partial charge in [-0.05, 0) is 43.4 Å². The van der Waals surface area contributed by atoms with Crippen LogP contribution in [0.4, 0.5) is 4.39 Å². The smallest absolute Gasteiger partial charge is 0.251 e. The molecule has 1 saturated carbocycles. The van der Waals surface area contributed by atoms with Crippen molar-refractivity contribution in [2.24, 2.45) is 5.92 Å². The fraction of sp³-hybridized carbons (Fsp3) is 0.500. The summed E-state index contributed by atoms with van der Waals surface area (Å²) in [5.74, 6) is -0.588. The number of nitrogens with one attached hydrogen (secondary N) is 1. The fourth-order valence-corrected chi connectivity index (χ4v) is 2.76. The SMILES string of the molecule is O=C(N[C@H]1CCC[C@@H](CO)C1)c1cc(F)cc(Cl)c1. The lowest BCUT2D eigenvalue weighted by molar-refractivity contribution is 0.0905. The first-order chi connectivity index (χ1) is 9.08. The fourth-order valence-electron chi connectivity index (χ4n) is 2.54. The van der Waals surface area contributed by atoms with E-state index in [-0.39, 0.29) is 35.1 Å². The molecule has 5 heteroatoms. The number of hydrogen-bond acceptors (Lipinski definition) is 2. The molecular formula is C14H17ClFNO2. The van der Waals surface area contributed by atoms with Crippen molar-refractivity contribution >= 4 is 17.5 Å². The van der Waals surface area contributed by atoms with Gasteiger partial charge in [0.05, 0.1) is 0 Å². The van der Waals surface area contributed by atoms with Gasteiger partial charge in [0.15, 0.2) is 0 Å². The molecule has 2 rings (SSSR count). The summed E-state index contributed by atoms with van der Waals surface area (Å²) in [7, 11) is 0. The maximum absolute atomic E-state index is 13.2. The molecular weight excluding hydrogens is 269 g/mol. The lowest BCUT2D eigenvalue weighted by Crippen LogP contribution is -2.39. The Morgan fingerprint density at radius 1 is 1.42 bits per heavy atom. The summed E-state index contributed by atoms with van der Waals surface area (Å²) in [6.07, 6.45) is 3.64. The highest BCUT2D eigenvalue weighted by atomic mass is 35.5. The lowest BCUT2D eigenvalue weighted by Gasteiger charge is -2.28. The maximum atomic E-state index is 13.2. The predicted molar refractivity (Wildman–Crippen MR) is 71.7 cm³/mol. The van der Waals surface area contributed by atoms with Gasteiger partial charge in [-0.1, -0.05) is 18.0 Å². The quantitative estimate of drug-likeness (QED) is 0.897. The molecule has 1 aliphatic rings. The molecule has 0 bridgehead atoms. The van der Waals surface area contributed by atoms with E-state index in [9.17, 15) is 9.18 Å². The highest BCUT2D eigenvalue weighted by Gasteiger charge is 2.23. The van der Waals surface area contributed by atoms with Crippen molar-refractivity contribution in [3.63, 3.8) is 0 Å². The zero-order valence-corrected chi connectivity index (χ0v) is 11.3. The second-order valence-corrected chi connectivity index (χ2v) is 5.48. The number of aliphatic hydroxyl groups is 1. The van der Waals surface area contributed by atoms with E-state index in [2.05, 4.69) is 5.32 Å². The molecule has 1 fully saturated rings. The first-order valence-corrected chi connectivity index (χ1v) is 6.84. The summed E-state index contributed by atoms with van der Waals surface area (Å²) >= 11 is 5.73. The van der Waals surface area contributed by atoms with Gasteiger partial charge in [0, 0.05) is 23.2 Å². The Morgan fingerprint density at radius 3 is 2.89 bits per heavy atom. The Balaban J connectivity index is 2.00. The first-order valence-electron chi connectivity index (χ1n) is 6.46. The molecule has 104 valence electrons. The van der Waals surface area contributed by atoms with E-state index in [1.54, 1.807) is 0 Å². The Labute approximate surface area is 116 Å². The van der Waals surface area contributed by atoms with E-state index in [1.807, 2.05) is 0 Å². The van der Waals surface area contributed by atoms with Gasteiger partial charge in [-0.15, -0.1) is 0 Å². The van der Waals surface area contributed by atoms with Gasteiger partial charge in [0.25, 0.3) is 5.91 Å². The number of aliphatic hydroxyl groups excluding tert-OH is 1. The van der Waals surface area contributed by atoms with Crippen molar-refractivity contribution in [3.8, 4) is 0 Å². The van der Waals surface area contributed by atoms with Crippen molar-refractivity contribution < 1.29 is 14.3 Å². The molecule has 0 heterocycles. The van der Waals surface area contributed by atoms with Crippen LogP contribution in [0.3, 0.4) is 0 Å². The van der Waals surface area contributed by atoms with E-state index in [1.165, 1.54) is 18.2 Å². The molecule has 1 aromatic rings. The van der Waals surface area contributed by atoms with E-state index < -0.39 is 5.82 Å². The molecule has 19 heavy (non-hydrogen) atoms. The van der Waals surface area contributed by atoms with Gasteiger partial charge in [-0.3, -0.25) is 4.79 Å². The van der Waals surface area contributed by atoms with Crippen molar-refractivity contribution in [2.75, 3.05) is 6.61 Å². The van der Waals surface area contributed by atoms with Crippen LogP contribution in [0, 0.1) is 11.7 Å². The molecule has 1 amide bonds. The minimum Gasteiger partial charge on any atom is -0.396 e. The Bertz CT molecular complexity index is 447. The minimum absolute atomic E-state index is 0.0421. The third kappa shape index (κ3) is 3.91. The zero-order chi connectivity index (χ0) is 13.8. The maximum Gasteiger partial charge on any atom is 0.251 e. The number of carbonyl (C=O) groups is 1. The van der Waals surface area contributed by atoms with Crippen LogP contribution in [0.5, 0.6) is 0 Å². The summed E-state index contributed by atoms with van der Waals surface area (Å²) < 4.78 is 13.2. The van der Waals surface area contributed by atoms with Gasteiger partial charge in [-0.2, -0.15) is 0 Å². The van der Waals surface area contributed by atoms with Gasteiger partial charge >= 0.3 is 0 Å². The molecule has 0 radical (unpaired) electrons. The summed E-state index contributed by atoms with van der Waals surface area (Å²) in [4.78, 5) is 12.0. The molecule has 1 aliphatic carbocycles. The normalized spacial score (nSPS) is 23.1. The van der Waals surface area contributed by atoms with Crippen LogP contribution < -0.4 is 5.32 Å². The first kappa shape index (κ1) is 14.3. The number of amides is 1. The van der Waals surface area contributed by atoms with E-state index in [0.717, 1.165) is 25.7 Å². The Hall–Kier alpha value is -1.13. The van der Waals surface area contributed by atoms with Crippen LogP contribution in [0.2, 0.25) is 5.02 Å². The minimum atomic E-state index is -0.519. The van der Waals surface area contributed by atoms with E-state index in [0.29, 0.717) is 0 Å². The Kier molecular flexibility index (Phi) is 4.77. The van der Waals surface area contributed by atoms with Crippen molar-refractivity contribution in [1.82, 2.24) is 5.32 Å². The summed E-state index contributed by atoms with van der Waals surface area (Å²) in [5, 5.41) is 12.2. The third-order valence-corrected chi connectivity index (χ3v) is 3.72. The van der Waals surface area contributed by atoms with Crippen LogP contribution in [0.15, 0.2) is 18.2 Å². The number of benzene rings is 1. The average molecular weight is 286 g/mol.